The van der Waals surface area contributed by atoms with E-state index < -0.39 is 12.0 Å². The maximum absolute atomic E-state index is 12.2. The van der Waals surface area contributed by atoms with Crippen molar-refractivity contribution in [1.29, 1.82) is 0 Å². The molecule has 0 aromatic carbocycles. The second-order valence-electron chi connectivity index (χ2n) is 2.92. The fraction of sp³-hybridized carbons (Fsp3) is 1.00. The Balaban J connectivity index is 4.23. The highest BCUT2D eigenvalue weighted by atomic mass is 19.3. The normalized spacial score (nSPS) is 18.0. The molecular formula is C7H15F2N. The van der Waals surface area contributed by atoms with Gasteiger partial charge in [0.25, 0.3) is 6.43 Å². The van der Waals surface area contributed by atoms with Gasteiger partial charge in [0.15, 0.2) is 0 Å². The molecule has 10 heavy (non-hydrogen) atoms. The molecule has 0 radical (unpaired) electrons. The average molecular weight is 151 g/mol. The van der Waals surface area contributed by atoms with E-state index in [0.717, 1.165) is 0 Å². The summed E-state index contributed by atoms with van der Waals surface area (Å²) < 4.78 is 24.4. The van der Waals surface area contributed by atoms with Gasteiger partial charge in [0.1, 0.15) is 0 Å². The Labute approximate surface area is 60.6 Å². The number of nitrogens with two attached hydrogens (primary N) is 1. The zero-order chi connectivity index (χ0) is 8.36. The fourth-order valence-corrected chi connectivity index (χ4v) is 0.815. The molecule has 0 saturated carbocycles. The SMILES string of the molecule is CCC(N)(C(C)C)C(F)F. The number of halogens is 2. The summed E-state index contributed by atoms with van der Waals surface area (Å²) in [7, 11) is 0. The third-order valence-electron chi connectivity index (χ3n) is 2.09. The van der Waals surface area contributed by atoms with Crippen LogP contribution in [-0.2, 0) is 0 Å². The van der Waals surface area contributed by atoms with Crippen LogP contribution < -0.4 is 5.73 Å². The van der Waals surface area contributed by atoms with E-state index in [-0.39, 0.29) is 5.92 Å². The molecule has 3 heteroatoms. The summed E-state index contributed by atoms with van der Waals surface area (Å²) in [5, 5.41) is 0. The van der Waals surface area contributed by atoms with Gasteiger partial charge < -0.3 is 5.73 Å². The first kappa shape index (κ1) is 9.82. The molecule has 0 aliphatic rings. The van der Waals surface area contributed by atoms with Crippen LogP contribution in [0.4, 0.5) is 8.78 Å². The van der Waals surface area contributed by atoms with Crippen LogP contribution in [0.25, 0.3) is 0 Å². The Hall–Kier alpha value is -0.180. The van der Waals surface area contributed by atoms with E-state index in [4.69, 9.17) is 5.73 Å². The van der Waals surface area contributed by atoms with Gasteiger partial charge in [-0.05, 0) is 12.3 Å². The van der Waals surface area contributed by atoms with E-state index >= 15 is 0 Å². The quantitative estimate of drug-likeness (QED) is 0.656. The predicted molar refractivity (Wildman–Crippen MR) is 38.1 cm³/mol. The fourth-order valence-electron chi connectivity index (χ4n) is 0.815. The lowest BCUT2D eigenvalue weighted by Gasteiger charge is -2.31. The van der Waals surface area contributed by atoms with Crippen LogP contribution in [-0.4, -0.2) is 12.0 Å². The topological polar surface area (TPSA) is 26.0 Å². The summed E-state index contributed by atoms with van der Waals surface area (Å²) in [4.78, 5) is 0. The van der Waals surface area contributed by atoms with Crippen LogP contribution in [0, 0.1) is 5.92 Å². The van der Waals surface area contributed by atoms with Crippen molar-refractivity contribution in [2.75, 3.05) is 0 Å². The number of rotatable bonds is 3. The van der Waals surface area contributed by atoms with Crippen molar-refractivity contribution >= 4 is 0 Å². The summed E-state index contributed by atoms with van der Waals surface area (Å²) in [5.41, 5.74) is 4.14. The first-order chi connectivity index (χ1) is 4.45. The smallest absolute Gasteiger partial charge is 0.256 e. The zero-order valence-corrected chi connectivity index (χ0v) is 6.70. The molecule has 0 spiro atoms. The Morgan fingerprint density at radius 2 is 1.80 bits per heavy atom. The zero-order valence-electron chi connectivity index (χ0n) is 6.70. The summed E-state index contributed by atoms with van der Waals surface area (Å²) in [6, 6.07) is 0. The lowest BCUT2D eigenvalue weighted by molar-refractivity contribution is 0.0242. The van der Waals surface area contributed by atoms with Crippen LogP contribution in [0.15, 0.2) is 0 Å². The molecule has 0 aliphatic carbocycles. The predicted octanol–water partition coefficient (Wildman–Crippen LogP) is 2.01. The average Bonchev–Trinajstić information content (AvgIpc) is 1.85. The van der Waals surface area contributed by atoms with Crippen molar-refractivity contribution in [1.82, 2.24) is 0 Å². The molecule has 62 valence electrons. The summed E-state index contributed by atoms with van der Waals surface area (Å²) >= 11 is 0. The lowest BCUT2D eigenvalue weighted by atomic mass is 9.85. The van der Waals surface area contributed by atoms with Crippen molar-refractivity contribution in [2.45, 2.75) is 39.2 Å². The van der Waals surface area contributed by atoms with Gasteiger partial charge in [0.05, 0.1) is 5.54 Å². The second kappa shape index (κ2) is 3.28. The van der Waals surface area contributed by atoms with Crippen molar-refractivity contribution in [3.63, 3.8) is 0 Å². The van der Waals surface area contributed by atoms with Crippen molar-refractivity contribution in [3.8, 4) is 0 Å². The van der Waals surface area contributed by atoms with Gasteiger partial charge in [0, 0.05) is 0 Å². The van der Waals surface area contributed by atoms with E-state index in [1.165, 1.54) is 0 Å². The minimum Gasteiger partial charge on any atom is -0.320 e. The second-order valence-corrected chi connectivity index (χ2v) is 2.92. The van der Waals surface area contributed by atoms with Crippen molar-refractivity contribution < 1.29 is 8.78 Å². The van der Waals surface area contributed by atoms with Gasteiger partial charge in [-0.25, -0.2) is 8.78 Å². The van der Waals surface area contributed by atoms with Crippen molar-refractivity contribution in [2.24, 2.45) is 11.7 Å². The van der Waals surface area contributed by atoms with Gasteiger partial charge in [-0.15, -0.1) is 0 Å². The molecule has 0 amide bonds. The molecule has 1 atom stereocenters. The minimum atomic E-state index is -2.42. The molecule has 0 saturated heterocycles. The maximum Gasteiger partial charge on any atom is 0.256 e. The summed E-state index contributed by atoms with van der Waals surface area (Å²) in [5.74, 6) is -0.169. The molecule has 0 rings (SSSR count). The standard InChI is InChI=1S/C7H15F2N/c1-4-7(10,5(2)3)6(8)9/h5-6H,4,10H2,1-3H3. The number of hydrogen-bond acceptors (Lipinski definition) is 1. The van der Waals surface area contributed by atoms with E-state index in [0.29, 0.717) is 6.42 Å². The van der Waals surface area contributed by atoms with Crippen molar-refractivity contribution in [3.05, 3.63) is 0 Å². The third kappa shape index (κ3) is 1.66. The Bertz CT molecular complexity index is 93.8. The molecule has 1 nitrogen and oxygen atoms in total. The van der Waals surface area contributed by atoms with Crippen LogP contribution in [0.2, 0.25) is 0 Å². The van der Waals surface area contributed by atoms with Gasteiger partial charge in [-0.1, -0.05) is 20.8 Å². The first-order valence-electron chi connectivity index (χ1n) is 3.52. The third-order valence-corrected chi connectivity index (χ3v) is 2.09. The lowest BCUT2D eigenvalue weighted by Crippen LogP contribution is -2.51. The highest BCUT2D eigenvalue weighted by molar-refractivity contribution is 4.88. The molecular weight excluding hydrogens is 136 g/mol. The van der Waals surface area contributed by atoms with Gasteiger partial charge in [-0.3, -0.25) is 0 Å². The summed E-state index contributed by atoms with van der Waals surface area (Å²) in [6.45, 7) is 5.12. The maximum atomic E-state index is 12.2. The molecule has 0 fully saturated rings. The van der Waals surface area contributed by atoms with E-state index in [1.807, 2.05) is 0 Å². The van der Waals surface area contributed by atoms with Gasteiger partial charge in [0.2, 0.25) is 0 Å². The molecule has 0 aromatic heterocycles. The van der Waals surface area contributed by atoms with E-state index in [2.05, 4.69) is 0 Å². The molecule has 2 N–H and O–H groups in total. The molecule has 0 bridgehead atoms. The highest BCUT2D eigenvalue weighted by Gasteiger charge is 2.36. The van der Waals surface area contributed by atoms with Crippen LogP contribution in [0.1, 0.15) is 27.2 Å². The van der Waals surface area contributed by atoms with Gasteiger partial charge in [-0.2, -0.15) is 0 Å². The Morgan fingerprint density at radius 3 is 1.80 bits per heavy atom. The van der Waals surface area contributed by atoms with E-state index in [1.54, 1.807) is 20.8 Å². The first-order valence-corrected chi connectivity index (χ1v) is 3.52. The largest absolute Gasteiger partial charge is 0.320 e. The molecule has 0 heterocycles. The van der Waals surface area contributed by atoms with Gasteiger partial charge >= 0.3 is 0 Å². The minimum absolute atomic E-state index is 0.169. The highest BCUT2D eigenvalue weighted by Crippen LogP contribution is 2.25. The monoisotopic (exact) mass is 151 g/mol. The Morgan fingerprint density at radius 1 is 1.40 bits per heavy atom. The van der Waals surface area contributed by atoms with E-state index in [9.17, 15) is 8.78 Å². The molecule has 1 unspecified atom stereocenters. The van der Waals surface area contributed by atoms with Crippen LogP contribution in [0.5, 0.6) is 0 Å². The number of alkyl halides is 2. The van der Waals surface area contributed by atoms with Crippen LogP contribution >= 0.6 is 0 Å². The number of hydrogen-bond donors (Lipinski definition) is 1. The molecule has 0 aliphatic heterocycles. The van der Waals surface area contributed by atoms with Crippen LogP contribution in [0.3, 0.4) is 0 Å². The Kier molecular flexibility index (Phi) is 3.22. The summed E-state index contributed by atoms with van der Waals surface area (Å²) in [6.07, 6.45) is -2.10. The molecule has 0 aromatic rings.